The third-order valence-corrected chi connectivity index (χ3v) is 8.60. The van der Waals surface area contributed by atoms with Crippen molar-refractivity contribution >= 4 is 45.0 Å². The minimum Gasteiger partial charge on any atom is -0.382 e. The Morgan fingerprint density at radius 1 is 1.11 bits per heavy atom. The quantitative estimate of drug-likeness (QED) is 0.379. The highest BCUT2D eigenvalue weighted by atomic mass is 79.9. The molecule has 0 radical (unpaired) electrons. The lowest BCUT2D eigenvalue weighted by Gasteiger charge is -2.40. The SMILES string of the molecule is CC[C@@H](C)Nc1cc(C(=O)NC2C[C@H]3CC[C@@H](C2)N3c2ccc(C(=O)C3CC3)cn2)c(Br)cc1C(N)=O. The smallest absolute Gasteiger partial charge is 0.252 e. The van der Waals surface area contributed by atoms with Gasteiger partial charge in [0.05, 0.1) is 11.1 Å². The molecule has 1 saturated carbocycles. The molecule has 4 atom stereocenters. The molecule has 2 amide bonds. The van der Waals surface area contributed by atoms with E-state index in [0.717, 1.165) is 50.8 Å². The van der Waals surface area contributed by atoms with Gasteiger partial charge >= 0.3 is 0 Å². The van der Waals surface area contributed by atoms with Crippen LogP contribution in [0.4, 0.5) is 11.5 Å². The summed E-state index contributed by atoms with van der Waals surface area (Å²) in [4.78, 5) is 44.7. The van der Waals surface area contributed by atoms with Crippen molar-refractivity contribution in [1.82, 2.24) is 10.3 Å². The number of pyridine rings is 1. The Labute approximate surface area is 225 Å². The zero-order valence-electron chi connectivity index (χ0n) is 21.3. The largest absolute Gasteiger partial charge is 0.382 e. The summed E-state index contributed by atoms with van der Waals surface area (Å²) >= 11 is 3.47. The number of carbonyl (C=O) groups excluding carboxylic acids is 3. The molecule has 3 aliphatic rings. The summed E-state index contributed by atoms with van der Waals surface area (Å²) in [6.07, 6.45) is 8.36. The Hall–Kier alpha value is -2.94. The van der Waals surface area contributed by atoms with Gasteiger partial charge in [0.1, 0.15) is 5.82 Å². The topological polar surface area (TPSA) is 117 Å². The van der Waals surface area contributed by atoms with E-state index in [0.29, 0.717) is 38.9 Å². The van der Waals surface area contributed by atoms with Gasteiger partial charge in [-0.15, -0.1) is 0 Å². The molecule has 0 spiro atoms. The molecular formula is C28H34BrN5O3. The van der Waals surface area contributed by atoms with Crippen LogP contribution in [0.2, 0.25) is 0 Å². The second kappa shape index (κ2) is 10.4. The minimum atomic E-state index is -0.541. The van der Waals surface area contributed by atoms with Crippen LogP contribution in [0.5, 0.6) is 0 Å². The first-order chi connectivity index (χ1) is 17.7. The predicted octanol–water partition coefficient (Wildman–Crippen LogP) is 4.68. The van der Waals surface area contributed by atoms with Gasteiger partial charge in [-0.05, 0) is 92.1 Å². The summed E-state index contributed by atoms with van der Waals surface area (Å²) in [5.41, 5.74) is 7.69. The number of rotatable bonds is 9. The van der Waals surface area contributed by atoms with Gasteiger partial charge in [-0.1, -0.05) is 6.92 Å². The second-order valence-electron chi connectivity index (χ2n) is 10.7. The van der Waals surface area contributed by atoms with Gasteiger partial charge in [0.15, 0.2) is 5.78 Å². The average Bonchev–Trinajstić information content (AvgIpc) is 3.69. The van der Waals surface area contributed by atoms with Crippen molar-refractivity contribution in [2.75, 3.05) is 10.2 Å². The number of benzene rings is 1. The summed E-state index contributed by atoms with van der Waals surface area (Å²) in [7, 11) is 0. The fraction of sp³-hybridized carbons (Fsp3) is 0.500. The van der Waals surface area contributed by atoms with Crippen LogP contribution in [0.1, 0.15) is 89.9 Å². The highest BCUT2D eigenvalue weighted by Gasteiger charge is 2.42. The van der Waals surface area contributed by atoms with Crippen molar-refractivity contribution in [2.45, 2.75) is 83.0 Å². The van der Waals surface area contributed by atoms with Crippen molar-refractivity contribution in [3.63, 3.8) is 0 Å². The van der Waals surface area contributed by atoms with Gasteiger partial charge in [0, 0.05) is 52.0 Å². The van der Waals surface area contributed by atoms with Crippen LogP contribution in [0.25, 0.3) is 0 Å². The molecule has 9 heteroatoms. The molecule has 3 fully saturated rings. The molecule has 8 nitrogen and oxygen atoms in total. The third kappa shape index (κ3) is 5.37. The van der Waals surface area contributed by atoms with Gasteiger partial charge < -0.3 is 21.3 Å². The number of aromatic nitrogens is 1. The highest BCUT2D eigenvalue weighted by molar-refractivity contribution is 9.10. The van der Waals surface area contributed by atoms with Crippen molar-refractivity contribution in [1.29, 1.82) is 0 Å². The fourth-order valence-corrected chi connectivity index (χ4v) is 6.16. The minimum absolute atomic E-state index is 0.0469. The molecule has 2 aromatic rings. The van der Waals surface area contributed by atoms with Crippen LogP contribution in [0, 0.1) is 5.92 Å². The molecule has 2 saturated heterocycles. The number of Topliss-reactive ketones (excluding diaryl/α,β-unsaturated/α-hetero) is 1. The molecule has 1 aliphatic carbocycles. The first-order valence-electron chi connectivity index (χ1n) is 13.2. The van der Waals surface area contributed by atoms with Gasteiger partial charge in [-0.2, -0.15) is 0 Å². The highest BCUT2D eigenvalue weighted by Crippen LogP contribution is 2.39. The van der Waals surface area contributed by atoms with Crippen LogP contribution in [-0.2, 0) is 0 Å². The molecular weight excluding hydrogens is 534 g/mol. The van der Waals surface area contributed by atoms with Crippen LogP contribution in [0.15, 0.2) is 34.9 Å². The fourth-order valence-electron chi connectivity index (χ4n) is 5.64. The van der Waals surface area contributed by atoms with Gasteiger partial charge in [-0.25, -0.2) is 4.98 Å². The maximum Gasteiger partial charge on any atom is 0.252 e. The Bertz CT molecular complexity index is 1200. The summed E-state index contributed by atoms with van der Waals surface area (Å²) in [5.74, 6) is 0.600. The Morgan fingerprint density at radius 2 is 1.81 bits per heavy atom. The summed E-state index contributed by atoms with van der Waals surface area (Å²) in [6, 6.07) is 7.99. The first-order valence-corrected chi connectivity index (χ1v) is 14.0. The van der Waals surface area contributed by atoms with E-state index in [-0.39, 0.29) is 29.7 Å². The average molecular weight is 569 g/mol. The lowest BCUT2D eigenvalue weighted by molar-refractivity contribution is 0.0923. The zero-order chi connectivity index (χ0) is 26.3. The molecule has 37 heavy (non-hydrogen) atoms. The summed E-state index contributed by atoms with van der Waals surface area (Å²) in [5, 5.41) is 6.53. The number of ketones is 1. The van der Waals surface area contributed by atoms with E-state index in [2.05, 4.69) is 36.4 Å². The number of carbonyl (C=O) groups is 3. The molecule has 1 aromatic carbocycles. The number of hydrogen-bond acceptors (Lipinski definition) is 6. The number of nitrogens with two attached hydrogens (primary N) is 1. The van der Waals surface area contributed by atoms with E-state index in [1.54, 1.807) is 18.3 Å². The van der Waals surface area contributed by atoms with Gasteiger partial charge in [0.25, 0.3) is 11.8 Å². The van der Waals surface area contributed by atoms with Crippen LogP contribution in [0.3, 0.4) is 0 Å². The van der Waals surface area contributed by atoms with Crippen LogP contribution in [-0.4, -0.2) is 46.7 Å². The number of fused-ring (bicyclic) bond motifs is 2. The molecule has 1 aromatic heterocycles. The number of primary amides is 1. The van der Waals surface area contributed by atoms with E-state index in [1.807, 2.05) is 26.0 Å². The number of anilines is 2. The molecule has 3 heterocycles. The third-order valence-electron chi connectivity index (χ3n) is 7.94. The van der Waals surface area contributed by atoms with Crippen molar-refractivity contribution in [2.24, 2.45) is 11.7 Å². The van der Waals surface area contributed by atoms with E-state index < -0.39 is 5.91 Å². The van der Waals surface area contributed by atoms with E-state index in [4.69, 9.17) is 5.73 Å². The van der Waals surface area contributed by atoms with E-state index in [9.17, 15) is 14.4 Å². The maximum atomic E-state index is 13.3. The number of hydrogen-bond donors (Lipinski definition) is 3. The second-order valence-corrected chi connectivity index (χ2v) is 11.5. The van der Waals surface area contributed by atoms with Crippen LogP contribution >= 0.6 is 15.9 Å². The van der Waals surface area contributed by atoms with E-state index >= 15 is 0 Å². The lowest BCUT2D eigenvalue weighted by atomic mass is 9.96. The zero-order valence-corrected chi connectivity index (χ0v) is 22.9. The molecule has 2 aliphatic heterocycles. The predicted molar refractivity (Wildman–Crippen MR) is 147 cm³/mol. The molecule has 196 valence electrons. The summed E-state index contributed by atoms with van der Waals surface area (Å²) in [6.45, 7) is 4.07. The Morgan fingerprint density at radius 3 is 2.38 bits per heavy atom. The normalized spacial score (nSPS) is 23.4. The number of nitrogens with zero attached hydrogens (tertiary/aromatic N) is 2. The van der Waals surface area contributed by atoms with Crippen LogP contribution < -0.4 is 21.3 Å². The molecule has 5 rings (SSSR count). The first kappa shape index (κ1) is 25.7. The van der Waals surface area contributed by atoms with Crippen molar-refractivity contribution in [3.05, 3.63) is 51.6 Å². The Kier molecular flexibility index (Phi) is 7.25. The molecule has 2 bridgehead atoms. The standard InChI is InChI=1S/C28H34BrN5O3/c1-3-15(2)32-24-13-21(23(29)12-22(24)27(30)36)28(37)33-18-10-19-7-8-20(11-18)34(19)25-9-6-17(14-31-25)26(35)16-4-5-16/h6,9,12-16,18-20,32H,3-5,7-8,10-11H2,1-2H3,(H2,30,36)(H,33,37)/t15-,18?,19-,20+/m1/s1. The van der Waals surface area contributed by atoms with Crippen molar-refractivity contribution < 1.29 is 14.4 Å². The molecule has 4 N–H and O–H groups in total. The van der Waals surface area contributed by atoms with E-state index in [1.165, 1.54) is 0 Å². The van der Waals surface area contributed by atoms with Gasteiger partial charge in [0.2, 0.25) is 0 Å². The number of halogens is 1. The number of piperidine rings is 1. The van der Waals surface area contributed by atoms with Gasteiger partial charge in [-0.3, -0.25) is 14.4 Å². The molecule has 1 unspecified atom stereocenters. The number of amides is 2. The summed E-state index contributed by atoms with van der Waals surface area (Å²) < 4.78 is 0.541. The monoisotopic (exact) mass is 567 g/mol. The number of nitrogens with one attached hydrogen (secondary N) is 2. The Balaban J connectivity index is 1.27. The van der Waals surface area contributed by atoms with Crippen molar-refractivity contribution in [3.8, 4) is 0 Å². The lowest BCUT2D eigenvalue weighted by Crippen LogP contribution is -2.50. The maximum absolute atomic E-state index is 13.3.